The number of rotatable bonds is 4. The number of hydrogen-bond acceptors (Lipinski definition) is 6. The highest BCUT2D eigenvalue weighted by Crippen LogP contribution is 2.14. The first-order valence-electron chi connectivity index (χ1n) is 7.92. The first kappa shape index (κ1) is 21.4. The summed E-state index contributed by atoms with van der Waals surface area (Å²) < 4.78 is 9.95. The molecule has 0 spiro atoms. The van der Waals surface area contributed by atoms with E-state index in [2.05, 4.69) is 29.0 Å². The quantitative estimate of drug-likeness (QED) is 0.516. The molecule has 0 radical (unpaired) electrons. The van der Waals surface area contributed by atoms with E-state index >= 15 is 0 Å². The standard InChI is InChI=1S/C13H13N3O3.C3H8.C2H6/c1-18-11-5-3-9(7-14-11)13(16-17)10-4-6-12(19-2)15-8-10;1-3-2;1-2/h3-8,17H,1-2H3;3H2,1-2H3;1-2H3. The fraction of sp³-hybridized carbons (Fsp3) is 0.389. The van der Waals surface area contributed by atoms with Crippen LogP contribution in [0, 0.1) is 0 Å². The van der Waals surface area contributed by atoms with Gasteiger partial charge in [0.15, 0.2) is 0 Å². The zero-order chi connectivity index (χ0) is 18.4. The fourth-order valence-electron chi connectivity index (χ4n) is 1.56. The summed E-state index contributed by atoms with van der Waals surface area (Å²) >= 11 is 0. The number of hydrogen-bond donors (Lipinski definition) is 1. The minimum atomic E-state index is 0.380. The van der Waals surface area contributed by atoms with Gasteiger partial charge in [-0.3, -0.25) is 0 Å². The molecule has 24 heavy (non-hydrogen) atoms. The Bertz CT molecular complexity index is 532. The summed E-state index contributed by atoms with van der Waals surface area (Å²) in [5.41, 5.74) is 1.70. The molecule has 0 unspecified atom stereocenters. The van der Waals surface area contributed by atoms with Crippen LogP contribution in [0.1, 0.15) is 45.2 Å². The molecule has 2 aromatic rings. The molecule has 0 aliphatic heterocycles. The van der Waals surface area contributed by atoms with Gasteiger partial charge in [-0.2, -0.15) is 0 Å². The minimum absolute atomic E-state index is 0.380. The Hall–Kier alpha value is -2.63. The molecule has 2 heterocycles. The van der Waals surface area contributed by atoms with Crippen LogP contribution in [0.2, 0.25) is 0 Å². The highest BCUT2D eigenvalue weighted by molar-refractivity contribution is 6.12. The monoisotopic (exact) mass is 333 g/mol. The van der Waals surface area contributed by atoms with Gasteiger partial charge >= 0.3 is 0 Å². The molecule has 132 valence electrons. The number of pyridine rings is 2. The van der Waals surface area contributed by atoms with Crippen molar-refractivity contribution >= 4 is 5.71 Å². The van der Waals surface area contributed by atoms with Crippen molar-refractivity contribution in [2.24, 2.45) is 5.16 Å². The largest absolute Gasteiger partial charge is 0.481 e. The van der Waals surface area contributed by atoms with Gasteiger partial charge in [-0.25, -0.2) is 9.97 Å². The summed E-state index contributed by atoms with van der Waals surface area (Å²) in [6, 6.07) is 6.89. The third-order valence-electron chi connectivity index (χ3n) is 2.54. The van der Waals surface area contributed by atoms with E-state index in [9.17, 15) is 0 Å². The second kappa shape index (κ2) is 12.9. The van der Waals surface area contributed by atoms with Crippen molar-refractivity contribution in [3.05, 3.63) is 47.8 Å². The molecule has 2 rings (SSSR count). The topological polar surface area (TPSA) is 76.8 Å². The summed E-state index contributed by atoms with van der Waals surface area (Å²) in [7, 11) is 3.08. The molecule has 0 aromatic carbocycles. The summed E-state index contributed by atoms with van der Waals surface area (Å²) in [4.78, 5) is 8.13. The normalized spacial score (nSPS) is 8.75. The second-order valence-electron chi connectivity index (χ2n) is 4.33. The smallest absolute Gasteiger partial charge is 0.212 e. The lowest BCUT2D eigenvalue weighted by molar-refractivity contribution is 0.319. The van der Waals surface area contributed by atoms with Crippen LogP contribution >= 0.6 is 0 Å². The number of ether oxygens (including phenoxy) is 2. The third kappa shape index (κ3) is 6.64. The molecular weight excluding hydrogens is 306 g/mol. The Morgan fingerprint density at radius 3 is 1.50 bits per heavy atom. The lowest BCUT2D eigenvalue weighted by Crippen LogP contribution is -2.05. The molecule has 0 aliphatic rings. The molecule has 0 aliphatic carbocycles. The summed E-state index contributed by atoms with van der Waals surface area (Å²) in [6.45, 7) is 8.25. The van der Waals surface area contributed by atoms with Crippen LogP contribution < -0.4 is 9.47 Å². The van der Waals surface area contributed by atoms with Crippen molar-refractivity contribution in [3.63, 3.8) is 0 Å². The van der Waals surface area contributed by atoms with Gasteiger partial charge in [0.1, 0.15) is 5.71 Å². The maximum Gasteiger partial charge on any atom is 0.212 e. The lowest BCUT2D eigenvalue weighted by Gasteiger charge is -2.06. The molecule has 0 saturated carbocycles. The SMILES string of the molecule is CC.CCC.COc1ccc(C(=NO)c2ccc(OC)nc2)cn1. The third-order valence-corrected chi connectivity index (χ3v) is 2.54. The van der Waals surface area contributed by atoms with Gasteiger partial charge in [0.25, 0.3) is 0 Å². The van der Waals surface area contributed by atoms with Crippen molar-refractivity contribution in [1.29, 1.82) is 0 Å². The van der Waals surface area contributed by atoms with Gasteiger partial charge in [-0.1, -0.05) is 39.3 Å². The molecule has 0 fully saturated rings. The van der Waals surface area contributed by atoms with Gasteiger partial charge in [0.05, 0.1) is 14.2 Å². The van der Waals surface area contributed by atoms with Crippen molar-refractivity contribution < 1.29 is 14.7 Å². The number of oxime groups is 1. The molecule has 0 bridgehead atoms. The van der Waals surface area contributed by atoms with Crippen LogP contribution in [-0.2, 0) is 0 Å². The van der Waals surface area contributed by atoms with Gasteiger partial charge in [-0.15, -0.1) is 0 Å². The predicted octanol–water partition coefficient (Wildman–Crippen LogP) is 4.16. The first-order chi connectivity index (χ1) is 11.7. The number of nitrogens with zero attached hydrogens (tertiary/aromatic N) is 3. The number of aromatic nitrogens is 2. The van der Waals surface area contributed by atoms with Crippen LogP contribution in [0.15, 0.2) is 41.8 Å². The highest BCUT2D eigenvalue weighted by Gasteiger charge is 2.09. The van der Waals surface area contributed by atoms with E-state index in [1.165, 1.54) is 20.6 Å². The van der Waals surface area contributed by atoms with Crippen LogP contribution in [0.5, 0.6) is 11.8 Å². The van der Waals surface area contributed by atoms with Crippen LogP contribution in [0.3, 0.4) is 0 Å². The first-order valence-corrected chi connectivity index (χ1v) is 7.92. The van der Waals surface area contributed by atoms with Crippen molar-refractivity contribution in [3.8, 4) is 11.8 Å². The predicted molar refractivity (Wildman–Crippen MR) is 96.3 cm³/mol. The van der Waals surface area contributed by atoms with Crippen LogP contribution in [0.4, 0.5) is 0 Å². The number of methoxy groups -OCH3 is 2. The summed E-state index contributed by atoms with van der Waals surface area (Å²) in [5, 5.41) is 12.5. The molecule has 1 N–H and O–H groups in total. The lowest BCUT2D eigenvalue weighted by atomic mass is 10.1. The Kier molecular flexibility index (Phi) is 11.5. The maximum atomic E-state index is 9.16. The average molecular weight is 333 g/mol. The van der Waals surface area contributed by atoms with E-state index in [0.29, 0.717) is 28.6 Å². The summed E-state index contributed by atoms with van der Waals surface area (Å²) in [6.07, 6.45) is 4.39. The Labute approximate surface area is 144 Å². The zero-order valence-electron chi connectivity index (χ0n) is 15.3. The van der Waals surface area contributed by atoms with Gasteiger partial charge in [0, 0.05) is 35.7 Å². The minimum Gasteiger partial charge on any atom is -0.481 e. The average Bonchev–Trinajstić information content (AvgIpc) is 2.66. The van der Waals surface area contributed by atoms with E-state index in [-0.39, 0.29) is 0 Å². The second-order valence-corrected chi connectivity index (χ2v) is 4.33. The van der Waals surface area contributed by atoms with Crippen molar-refractivity contribution in [1.82, 2.24) is 9.97 Å². The van der Waals surface area contributed by atoms with E-state index in [4.69, 9.17) is 14.7 Å². The molecule has 6 heteroatoms. The Morgan fingerprint density at radius 1 is 0.917 bits per heavy atom. The van der Waals surface area contributed by atoms with E-state index in [0.717, 1.165) is 0 Å². The zero-order valence-corrected chi connectivity index (χ0v) is 15.3. The molecule has 0 saturated heterocycles. The molecular formula is C18H27N3O3. The van der Waals surface area contributed by atoms with Crippen LogP contribution in [0.25, 0.3) is 0 Å². The van der Waals surface area contributed by atoms with Crippen LogP contribution in [-0.4, -0.2) is 35.1 Å². The van der Waals surface area contributed by atoms with Crippen molar-refractivity contribution in [2.75, 3.05) is 14.2 Å². The van der Waals surface area contributed by atoms with Crippen molar-refractivity contribution in [2.45, 2.75) is 34.1 Å². The van der Waals surface area contributed by atoms with E-state index < -0.39 is 0 Å². The fourth-order valence-corrected chi connectivity index (χ4v) is 1.56. The van der Waals surface area contributed by atoms with Gasteiger partial charge in [-0.05, 0) is 12.1 Å². The maximum absolute atomic E-state index is 9.16. The molecule has 0 atom stereocenters. The molecule has 6 nitrogen and oxygen atoms in total. The van der Waals surface area contributed by atoms with Gasteiger partial charge < -0.3 is 14.7 Å². The summed E-state index contributed by atoms with van der Waals surface area (Å²) in [5.74, 6) is 0.989. The molecule has 2 aromatic heterocycles. The van der Waals surface area contributed by atoms with Gasteiger partial charge in [0.2, 0.25) is 11.8 Å². The molecule has 0 amide bonds. The Balaban J connectivity index is 0.000000952. The van der Waals surface area contributed by atoms with E-state index in [1.807, 2.05) is 13.8 Å². The Morgan fingerprint density at radius 2 is 1.29 bits per heavy atom. The highest BCUT2D eigenvalue weighted by atomic mass is 16.5. The van der Waals surface area contributed by atoms with E-state index in [1.54, 1.807) is 36.7 Å².